The number of thiocarbonyl (C=S) groups is 1. The lowest BCUT2D eigenvalue weighted by atomic mass is 10.2. The smallest absolute Gasteiger partial charge is 0.257 e. The van der Waals surface area contributed by atoms with Crippen molar-refractivity contribution in [2.24, 2.45) is 0 Å². The van der Waals surface area contributed by atoms with Crippen LogP contribution in [-0.4, -0.2) is 43.2 Å². The Morgan fingerprint density at radius 2 is 2.00 bits per heavy atom. The molecule has 1 rings (SSSR count). The van der Waals surface area contributed by atoms with E-state index >= 15 is 0 Å². The third-order valence-electron chi connectivity index (χ3n) is 2.64. The number of hydrogen-bond donors (Lipinski definition) is 4. The van der Waals surface area contributed by atoms with Crippen LogP contribution in [0.3, 0.4) is 0 Å². The van der Waals surface area contributed by atoms with Crippen LogP contribution in [0.5, 0.6) is 0 Å². The van der Waals surface area contributed by atoms with Gasteiger partial charge in [0.15, 0.2) is 5.11 Å². The fourth-order valence-corrected chi connectivity index (χ4v) is 2.10. The van der Waals surface area contributed by atoms with Crippen LogP contribution in [0.2, 0.25) is 5.02 Å². The zero-order valence-corrected chi connectivity index (χ0v) is 14.4. The zero-order valence-electron chi connectivity index (χ0n) is 12.8. The van der Waals surface area contributed by atoms with E-state index in [1.165, 1.54) is 0 Å². The number of methoxy groups -OCH3 is 1. The standard InChI is InChI=1S/C14H19ClN4O3S/c1-9(8-22-2)17-14(23)19-18-12(20)7-16-13(21)10-5-3-4-6-11(10)15/h3-6,9H,7-8H2,1-2H3,(H,16,21)(H,18,20)(H2,17,19,23)/t9-/m0/s1. The van der Waals surface area contributed by atoms with Gasteiger partial charge < -0.3 is 15.4 Å². The number of hydrazine groups is 1. The van der Waals surface area contributed by atoms with Crippen molar-refractivity contribution in [2.45, 2.75) is 13.0 Å². The summed E-state index contributed by atoms with van der Waals surface area (Å²) in [6.45, 7) is 2.14. The first-order valence-corrected chi connectivity index (χ1v) is 7.59. The van der Waals surface area contributed by atoms with Crippen LogP contribution in [-0.2, 0) is 9.53 Å². The SMILES string of the molecule is COC[C@H](C)NC(=S)NNC(=O)CNC(=O)c1ccccc1Cl. The van der Waals surface area contributed by atoms with Gasteiger partial charge in [0.25, 0.3) is 11.8 Å². The van der Waals surface area contributed by atoms with Crippen LogP contribution in [0.25, 0.3) is 0 Å². The third kappa shape index (κ3) is 7.27. The van der Waals surface area contributed by atoms with Gasteiger partial charge in [-0.1, -0.05) is 23.7 Å². The van der Waals surface area contributed by atoms with E-state index < -0.39 is 11.8 Å². The van der Waals surface area contributed by atoms with Gasteiger partial charge in [-0.2, -0.15) is 0 Å². The molecule has 0 radical (unpaired) electrons. The van der Waals surface area contributed by atoms with Gasteiger partial charge >= 0.3 is 0 Å². The first-order chi connectivity index (χ1) is 10.9. The summed E-state index contributed by atoms with van der Waals surface area (Å²) in [7, 11) is 1.58. The molecule has 0 fully saturated rings. The molecule has 0 aliphatic heterocycles. The Hall–Kier alpha value is -1.90. The van der Waals surface area contributed by atoms with Crippen molar-refractivity contribution in [3.8, 4) is 0 Å². The monoisotopic (exact) mass is 358 g/mol. The number of ether oxygens (including phenoxy) is 1. The highest BCUT2D eigenvalue weighted by Crippen LogP contribution is 2.14. The second kappa shape index (κ2) is 9.98. The topological polar surface area (TPSA) is 91.5 Å². The van der Waals surface area contributed by atoms with E-state index in [1.807, 2.05) is 6.92 Å². The lowest BCUT2D eigenvalue weighted by molar-refractivity contribution is -0.120. The molecule has 7 nitrogen and oxygen atoms in total. The molecule has 4 N–H and O–H groups in total. The summed E-state index contributed by atoms with van der Waals surface area (Å²) in [6.07, 6.45) is 0. The predicted molar refractivity (Wildman–Crippen MR) is 92.1 cm³/mol. The molecule has 0 saturated carbocycles. The summed E-state index contributed by atoms with van der Waals surface area (Å²) in [5.74, 6) is -0.880. The lowest BCUT2D eigenvalue weighted by Crippen LogP contribution is -2.52. The minimum Gasteiger partial charge on any atom is -0.383 e. The number of amides is 2. The van der Waals surface area contributed by atoms with Crippen molar-refractivity contribution in [2.75, 3.05) is 20.3 Å². The van der Waals surface area contributed by atoms with E-state index in [1.54, 1.807) is 31.4 Å². The van der Waals surface area contributed by atoms with Crippen molar-refractivity contribution in [3.05, 3.63) is 34.9 Å². The number of hydrogen-bond acceptors (Lipinski definition) is 4. The van der Waals surface area contributed by atoms with Crippen LogP contribution < -0.4 is 21.5 Å². The molecule has 9 heteroatoms. The van der Waals surface area contributed by atoms with E-state index in [2.05, 4.69) is 21.5 Å². The van der Waals surface area contributed by atoms with E-state index in [-0.39, 0.29) is 17.7 Å². The predicted octanol–water partition coefficient (Wildman–Crippen LogP) is 0.600. The Balaban J connectivity index is 2.31. The highest BCUT2D eigenvalue weighted by molar-refractivity contribution is 7.80. The molecule has 23 heavy (non-hydrogen) atoms. The maximum absolute atomic E-state index is 11.9. The van der Waals surface area contributed by atoms with E-state index in [0.29, 0.717) is 17.2 Å². The normalized spacial score (nSPS) is 11.3. The van der Waals surface area contributed by atoms with Crippen molar-refractivity contribution >= 4 is 40.7 Å². The van der Waals surface area contributed by atoms with Crippen LogP contribution in [0, 0.1) is 0 Å². The number of carbonyl (C=O) groups is 2. The molecule has 1 aromatic carbocycles. The second-order valence-electron chi connectivity index (χ2n) is 4.67. The first kappa shape index (κ1) is 19.1. The van der Waals surface area contributed by atoms with E-state index in [9.17, 15) is 9.59 Å². The summed E-state index contributed by atoms with van der Waals surface area (Å²) >= 11 is 10.9. The highest BCUT2D eigenvalue weighted by atomic mass is 35.5. The molecular weight excluding hydrogens is 340 g/mol. The minimum absolute atomic E-state index is 0.00294. The maximum Gasteiger partial charge on any atom is 0.257 e. The maximum atomic E-state index is 11.9. The fourth-order valence-electron chi connectivity index (χ4n) is 1.62. The molecule has 2 amide bonds. The fraction of sp³-hybridized carbons (Fsp3) is 0.357. The molecular formula is C14H19ClN4O3S. The number of halogens is 1. The zero-order chi connectivity index (χ0) is 17.2. The molecule has 0 unspecified atom stereocenters. The summed E-state index contributed by atoms with van der Waals surface area (Å²) in [4.78, 5) is 23.5. The Bertz CT molecular complexity index is 571. The Labute approximate surface area is 145 Å². The number of carbonyl (C=O) groups excluding carboxylic acids is 2. The van der Waals surface area contributed by atoms with E-state index in [0.717, 1.165) is 0 Å². The number of rotatable bonds is 6. The van der Waals surface area contributed by atoms with Crippen molar-refractivity contribution in [1.29, 1.82) is 0 Å². The molecule has 0 bridgehead atoms. The van der Waals surface area contributed by atoms with Gasteiger partial charge in [-0.15, -0.1) is 0 Å². The van der Waals surface area contributed by atoms with Crippen molar-refractivity contribution in [3.63, 3.8) is 0 Å². The molecule has 0 aliphatic rings. The number of benzene rings is 1. The average Bonchev–Trinajstić information content (AvgIpc) is 2.51. The Morgan fingerprint density at radius 1 is 1.30 bits per heavy atom. The van der Waals surface area contributed by atoms with Crippen LogP contribution in [0.1, 0.15) is 17.3 Å². The lowest BCUT2D eigenvalue weighted by Gasteiger charge is -2.16. The summed E-state index contributed by atoms with van der Waals surface area (Å²) in [6, 6.07) is 6.58. The molecule has 0 heterocycles. The molecule has 0 aromatic heterocycles. The molecule has 126 valence electrons. The van der Waals surface area contributed by atoms with Crippen LogP contribution >= 0.6 is 23.8 Å². The number of nitrogens with one attached hydrogen (secondary N) is 4. The van der Waals surface area contributed by atoms with Gasteiger partial charge in [-0.3, -0.25) is 20.4 Å². The van der Waals surface area contributed by atoms with Gasteiger partial charge in [-0.05, 0) is 31.3 Å². The minimum atomic E-state index is -0.450. The van der Waals surface area contributed by atoms with Gasteiger partial charge in [0.2, 0.25) is 0 Å². The van der Waals surface area contributed by atoms with Crippen molar-refractivity contribution < 1.29 is 14.3 Å². The van der Waals surface area contributed by atoms with E-state index in [4.69, 9.17) is 28.6 Å². The van der Waals surface area contributed by atoms with Gasteiger partial charge in [0.05, 0.1) is 23.7 Å². The largest absolute Gasteiger partial charge is 0.383 e. The quantitative estimate of drug-likeness (QED) is 0.440. The summed E-state index contributed by atoms with van der Waals surface area (Å²) < 4.78 is 4.95. The molecule has 0 aliphatic carbocycles. The second-order valence-corrected chi connectivity index (χ2v) is 5.48. The van der Waals surface area contributed by atoms with Gasteiger partial charge in [-0.25, -0.2) is 0 Å². The summed E-state index contributed by atoms with van der Waals surface area (Å²) in [5, 5.41) is 5.95. The molecule has 0 spiro atoms. The van der Waals surface area contributed by atoms with Crippen LogP contribution in [0.4, 0.5) is 0 Å². The first-order valence-electron chi connectivity index (χ1n) is 6.81. The van der Waals surface area contributed by atoms with Crippen molar-refractivity contribution in [1.82, 2.24) is 21.5 Å². The molecule has 0 saturated heterocycles. The Kier molecular flexibility index (Phi) is 8.31. The highest BCUT2D eigenvalue weighted by Gasteiger charge is 2.11. The van der Waals surface area contributed by atoms with Gasteiger partial charge in [0, 0.05) is 13.2 Å². The van der Waals surface area contributed by atoms with Crippen LogP contribution in [0.15, 0.2) is 24.3 Å². The molecule has 1 atom stereocenters. The summed E-state index contributed by atoms with van der Waals surface area (Å²) in [5.41, 5.74) is 5.21. The third-order valence-corrected chi connectivity index (χ3v) is 3.19. The Morgan fingerprint density at radius 3 is 2.65 bits per heavy atom. The average molecular weight is 359 g/mol. The van der Waals surface area contributed by atoms with Gasteiger partial charge in [0.1, 0.15) is 0 Å². The molecule has 1 aromatic rings.